The average Bonchev–Trinajstić information content (AvgIpc) is 3.14. The van der Waals surface area contributed by atoms with E-state index in [0.29, 0.717) is 66.8 Å². The van der Waals surface area contributed by atoms with Crippen molar-refractivity contribution in [3.8, 4) is 11.4 Å². The summed E-state index contributed by atoms with van der Waals surface area (Å²) in [5.41, 5.74) is 0.209. The molecular weight excluding hydrogens is 506 g/mol. The molecule has 5 rings (SSSR count). The lowest BCUT2D eigenvalue weighted by atomic mass is 9.88. The van der Waals surface area contributed by atoms with Crippen molar-refractivity contribution in [1.82, 2.24) is 19.7 Å². The van der Waals surface area contributed by atoms with Gasteiger partial charge in [0.2, 0.25) is 5.95 Å². The number of aromatic nitrogens is 4. The lowest BCUT2D eigenvalue weighted by Crippen LogP contribution is -2.49. The van der Waals surface area contributed by atoms with Crippen LogP contribution in [0.2, 0.25) is 0 Å². The largest absolute Gasteiger partial charge is 0.435 e. The Balaban J connectivity index is 1.47. The summed E-state index contributed by atoms with van der Waals surface area (Å²) in [6.45, 7) is 2.05. The molecule has 2 N–H and O–H groups in total. The first-order chi connectivity index (χ1) is 17.4. The van der Waals surface area contributed by atoms with Crippen LogP contribution >= 0.6 is 0 Å². The molecule has 2 aromatic heterocycles. The van der Waals surface area contributed by atoms with E-state index in [4.69, 9.17) is 4.98 Å². The molecule has 1 aliphatic carbocycles. The van der Waals surface area contributed by atoms with Gasteiger partial charge in [-0.3, -0.25) is 0 Å². The lowest BCUT2D eigenvalue weighted by Gasteiger charge is -2.42. The van der Waals surface area contributed by atoms with Gasteiger partial charge in [0.05, 0.1) is 28.1 Å². The highest BCUT2D eigenvalue weighted by molar-refractivity contribution is 7.91. The van der Waals surface area contributed by atoms with E-state index in [0.717, 1.165) is 0 Å². The Labute approximate surface area is 213 Å². The molecule has 10 nitrogen and oxygen atoms in total. The van der Waals surface area contributed by atoms with Gasteiger partial charge in [-0.15, -0.1) is 0 Å². The highest BCUT2D eigenvalue weighted by atomic mass is 32.2. The quantitative estimate of drug-likeness (QED) is 0.425. The number of aliphatic hydroxyl groups is 1. The third-order valence-corrected chi connectivity index (χ3v) is 8.37. The lowest BCUT2D eigenvalue weighted by molar-refractivity contribution is -0.0498. The van der Waals surface area contributed by atoms with Gasteiger partial charge in [0, 0.05) is 31.5 Å². The van der Waals surface area contributed by atoms with Gasteiger partial charge in [-0.2, -0.15) is 23.8 Å². The fourth-order valence-electron chi connectivity index (χ4n) is 4.97. The summed E-state index contributed by atoms with van der Waals surface area (Å²) in [7, 11) is -3.10. The first kappa shape index (κ1) is 25.6. The predicted molar refractivity (Wildman–Crippen MR) is 135 cm³/mol. The molecule has 1 aliphatic heterocycles. The Kier molecular flexibility index (Phi) is 6.47. The van der Waals surface area contributed by atoms with Crippen LogP contribution in [0.5, 0.6) is 5.75 Å². The second kappa shape index (κ2) is 9.35. The number of sulfone groups is 1. The Hall–Kier alpha value is -3.06. The summed E-state index contributed by atoms with van der Waals surface area (Å²) < 4.78 is 55.2. The van der Waals surface area contributed by atoms with Crippen LogP contribution in [0.1, 0.15) is 33.1 Å². The van der Waals surface area contributed by atoms with Gasteiger partial charge in [-0.1, -0.05) is 6.07 Å². The third kappa shape index (κ3) is 5.61. The molecule has 200 valence electrons. The van der Waals surface area contributed by atoms with Gasteiger partial charge in [0.15, 0.2) is 5.65 Å². The second-order valence-corrected chi connectivity index (χ2v) is 12.9. The summed E-state index contributed by atoms with van der Waals surface area (Å²) in [5, 5.41) is 18.2. The molecule has 0 bridgehead atoms. The molecule has 37 heavy (non-hydrogen) atoms. The SMILES string of the molecule is CC(C)(O)CC1CN(c2nc(N[C@H]3C[C@H](S(C)(=O)=O)C3)nc3c2cnn3-c2cccc(OC(F)F)c2)C1. The molecule has 0 atom stereocenters. The van der Waals surface area contributed by atoms with E-state index in [9.17, 15) is 22.3 Å². The molecule has 0 unspecified atom stereocenters. The Morgan fingerprint density at radius 3 is 2.62 bits per heavy atom. The van der Waals surface area contributed by atoms with Crippen molar-refractivity contribution in [1.29, 1.82) is 0 Å². The van der Waals surface area contributed by atoms with Crippen LogP contribution in [0.15, 0.2) is 30.5 Å². The number of halogens is 2. The Bertz CT molecular complexity index is 1400. The summed E-state index contributed by atoms with van der Waals surface area (Å²) in [4.78, 5) is 11.5. The van der Waals surface area contributed by atoms with Crippen LogP contribution < -0.4 is 15.0 Å². The average molecular weight is 537 g/mol. The smallest absolute Gasteiger partial charge is 0.387 e. The summed E-state index contributed by atoms with van der Waals surface area (Å²) >= 11 is 0. The number of hydrogen-bond donors (Lipinski definition) is 2. The maximum absolute atomic E-state index is 12.8. The zero-order valence-corrected chi connectivity index (χ0v) is 21.6. The Morgan fingerprint density at radius 2 is 1.97 bits per heavy atom. The van der Waals surface area contributed by atoms with E-state index < -0.39 is 22.0 Å². The molecule has 2 aliphatic rings. The maximum atomic E-state index is 12.8. The number of benzene rings is 1. The molecule has 13 heteroatoms. The van der Waals surface area contributed by atoms with Crippen molar-refractivity contribution >= 4 is 32.6 Å². The first-order valence-electron chi connectivity index (χ1n) is 12.1. The molecule has 1 saturated heterocycles. The molecule has 3 heterocycles. The van der Waals surface area contributed by atoms with Crippen molar-refractivity contribution in [3.05, 3.63) is 30.5 Å². The van der Waals surface area contributed by atoms with Crippen LogP contribution in [-0.4, -0.2) is 76.1 Å². The van der Waals surface area contributed by atoms with E-state index in [2.05, 4.69) is 25.0 Å². The van der Waals surface area contributed by atoms with Gasteiger partial charge in [0.1, 0.15) is 21.4 Å². The van der Waals surface area contributed by atoms with Crippen LogP contribution in [0.25, 0.3) is 16.7 Å². The van der Waals surface area contributed by atoms with Gasteiger partial charge in [-0.05, 0) is 51.2 Å². The number of anilines is 2. The first-order valence-corrected chi connectivity index (χ1v) is 14.0. The minimum absolute atomic E-state index is 0.00210. The molecule has 0 radical (unpaired) electrons. The van der Waals surface area contributed by atoms with Crippen molar-refractivity contribution in [3.63, 3.8) is 0 Å². The standard InChI is InChI=1S/C24H30F2N6O4S/c1-24(2,33)10-14-12-31(13-14)20-19-11-27-32(16-5-4-6-17(9-16)36-22(25)26)21(19)30-23(29-20)28-15-7-18(8-15)37(3,34)35/h4-6,9,11,14-15,18,22,33H,7-8,10,12-13H2,1-3H3,(H,28,29,30)/t15-,18-. The van der Waals surface area contributed by atoms with Crippen molar-refractivity contribution in [2.75, 3.05) is 29.6 Å². The minimum atomic E-state index is -3.10. The fraction of sp³-hybridized carbons (Fsp3) is 0.542. The highest BCUT2D eigenvalue weighted by Crippen LogP contribution is 2.35. The molecule has 1 saturated carbocycles. The highest BCUT2D eigenvalue weighted by Gasteiger charge is 2.37. The van der Waals surface area contributed by atoms with Crippen molar-refractivity contribution in [2.45, 2.75) is 56.6 Å². The zero-order valence-electron chi connectivity index (χ0n) is 20.8. The van der Waals surface area contributed by atoms with E-state index in [-0.39, 0.29) is 17.0 Å². The summed E-state index contributed by atoms with van der Waals surface area (Å²) in [6.07, 6.45) is 4.49. The maximum Gasteiger partial charge on any atom is 0.387 e. The normalized spacial score (nSPS) is 20.7. The second-order valence-electron chi connectivity index (χ2n) is 10.6. The number of ether oxygens (including phenoxy) is 1. The molecular formula is C24H30F2N6O4S. The third-order valence-electron chi connectivity index (χ3n) is 6.77. The molecule has 1 aromatic carbocycles. The number of fused-ring (bicyclic) bond motifs is 1. The topological polar surface area (TPSA) is 122 Å². The number of nitrogens with zero attached hydrogens (tertiary/aromatic N) is 5. The number of alkyl halides is 2. The Morgan fingerprint density at radius 1 is 1.24 bits per heavy atom. The zero-order chi connectivity index (χ0) is 26.5. The molecule has 3 aromatic rings. The van der Waals surface area contributed by atoms with E-state index in [1.165, 1.54) is 23.1 Å². The van der Waals surface area contributed by atoms with E-state index >= 15 is 0 Å². The van der Waals surface area contributed by atoms with Crippen LogP contribution in [0.4, 0.5) is 20.5 Å². The van der Waals surface area contributed by atoms with Gasteiger partial charge in [-0.25, -0.2) is 13.1 Å². The van der Waals surface area contributed by atoms with Crippen LogP contribution in [0.3, 0.4) is 0 Å². The molecule has 0 spiro atoms. The van der Waals surface area contributed by atoms with Crippen LogP contribution in [0, 0.1) is 5.92 Å². The van der Waals surface area contributed by atoms with E-state index in [1.807, 2.05) is 0 Å². The number of nitrogens with one attached hydrogen (secondary N) is 1. The fourth-order valence-corrected chi connectivity index (χ4v) is 6.14. The van der Waals surface area contributed by atoms with Crippen LogP contribution in [-0.2, 0) is 9.84 Å². The number of hydrogen-bond acceptors (Lipinski definition) is 9. The summed E-state index contributed by atoms with van der Waals surface area (Å²) in [5.74, 6) is 1.32. The monoisotopic (exact) mass is 536 g/mol. The van der Waals surface area contributed by atoms with Crippen molar-refractivity contribution < 1.29 is 27.0 Å². The number of rotatable bonds is 9. The molecule has 0 amide bonds. The summed E-state index contributed by atoms with van der Waals surface area (Å²) in [6, 6.07) is 6.12. The predicted octanol–water partition coefficient (Wildman–Crippen LogP) is 3.00. The van der Waals surface area contributed by atoms with Gasteiger partial charge in [0.25, 0.3) is 0 Å². The van der Waals surface area contributed by atoms with E-state index in [1.54, 1.807) is 32.2 Å². The van der Waals surface area contributed by atoms with Gasteiger partial charge >= 0.3 is 6.61 Å². The van der Waals surface area contributed by atoms with Crippen molar-refractivity contribution in [2.24, 2.45) is 5.92 Å². The minimum Gasteiger partial charge on any atom is -0.435 e. The van der Waals surface area contributed by atoms with Gasteiger partial charge < -0.3 is 20.1 Å². The molecule has 2 fully saturated rings.